The molecule has 0 saturated carbocycles. The van der Waals surface area contributed by atoms with Gasteiger partial charge in [-0.25, -0.2) is 0 Å². The normalized spacial score (nSPS) is 19.6. The zero-order chi connectivity index (χ0) is 15.9. The standard InChI is InChI=1S/C17H27N3O2/c1-14(20-11-9-19(2)10-12-20)13-18-17(21)16(22-3)15-7-5-4-6-8-15/h4-8,14,16H,9-13H2,1-3H3,(H,18,21)/t14-,16+/m0/s1. The van der Waals surface area contributed by atoms with Crippen LogP contribution in [-0.4, -0.2) is 68.6 Å². The molecule has 22 heavy (non-hydrogen) atoms. The molecule has 0 radical (unpaired) electrons. The number of ether oxygens (including phenoxy) is 1. The van der Waals surface area contributed by atoms with Crippen LogP contribution < -0.4 is 5.32 Å². The van der Waals surface area contributed by atoms with Crippen LogP contribution in [-0.2, 0) is 9.53 Å². The Morgan fingerprint density at radius 2 is 1.86 bits per heavy atom. The monoisotopic (exact) mass is 305 g/mol. The number of piperazine rings is 1. The quantitative estimate of drug-likeness (QED) is 0.856. The lowest BCUT2D eigenvalue weighted by Gasteiger charge is -2.36. The van der Waals surface area contributed by atoms with E-state index >= 15 is 0 Å². The SMILES string of the molecule is CO[C@@H](C(=O)NC[C@H](C)N1CCN(C)CC1)c1ccccc1. The molecule has 0 aliphatic carbocycles. The molecule has 2 rings (SSSR count). The maximum Gasteiger partial charge on any atom is 0.253 e. The number of hydrogen-bond donors (Lipinski definition) is 1. The summed E-state index contributed by atoms with van der Waals surface area (Å²) in [6, 6.07) is 9.94. The average molecular weight is 305 g/mol. The molecule has 1 aliphatic heterocycles. The topological polar surface area (TPSA) is 44.8 Å². The van der Waals surface area contributed by atoms with E-state index in [4.69, 9.17) is 4.74 Å². The summed E-state index contributed by atoms with van der Waals surface area (Å²) in [6.45, 7) is 7.09. The number of hydrogen-bond acceptors (Lipinski definition) is 4. The summed E-state index contributed by atoms with van der Waals surface area (Å²) in [4.78, 5) is 17.1. The highest BCUT2D eigenvalue weighted by Gasteiger charge is 2.23. The first-order chi connectivity index (χ1) is 10.6. The van der Waals surface area contributed by atoms with Gasteiger partial charge in [-0.15, -0.1) is 0 Å². The second kappa shape index (κ2) is 8.27. The molecule has 1 aliphatic rings. The first-order valence-corrected chi connectivity index (χ1v) is 7.90. The smallest absolute Gasteiger partial charge is 0.253 e. The average Bonchev–Trinajstić information content (AvgIpc) is 2.55. The molecule has 1 fully saturated rings. The molecule has 0 unspecified atom stereocenters. The minimum atomic E-state index is -0.541. The van der Waals surface area contributed by atoms with Crippen molar-refractivity contribution in [3.8, 4) is 0 Å². The van der Waals surface area contributed by atoms with Gasteiger partial charge in [-0.2, -0.15) is 0 Å². The van der Waals surface area contributed by atoms with Crippen molar-refractivity contribution in [2.75, 3.05) is 46.9 Å². The number of likely N-dealkylation sites (N-methyl/N-ethyl adjacent to an activating group) is 1. The van der Waals surface area contributed by atoms with E-state index in [-0.39, 0.29) is 5.91 Å². The van der Waals surface area contributed by atoms with Crippen LogP contribution in [0.5, 0.6) is 0 Å². The van der Waals surface area contributed by atoms with Gasteiger partial charge < -0.3 is 15.0 Å². The number of nitrogens with one attached hydrogen (secondary N) is 1. The molecule has 0 bridgehead atoms. The van der Waals surface area contributed by atoms with E-state index in [9.17, 15) is 4.79 Å². The van der Waals surface area contributed by atoms with E-state index in [1.54, 1.807) is 7.11 Å². The summed E-state index contributed by atoms with van der Waals surface area (Å²) in [7, 11) is 3.72. The number of methoxy groups -OCH3 is 1. The highest BCUT2D eigenvalue weighted by molar-refractivity contribution is 5.82. The van der Waals surface area contributed by atoms with Gasteiger partial charge in [-0.3, -0.25) is 9.69 Å². The van der Waals surface area contributed by atoms with Crippen molar-refractivity contribution in [3.63, 3.8) is 0 Å². The van der Waals surface area contributed by atoms with Crippen LogP contribution in [0.25, 0.3) is 0 Å². The van der Waals surface area contributed by atoms with E-state index < -0.39 is 6.10 Å². The summed E-state index contributed by atoms with van der Waals surface area (Å²) < 4.78 is 5.36. The van der Waals surface area contributed by atoms with Crippen LogP contribution in [0.4, 0.5) is 0 Å². The Hall–Kier alpha value is -1.43. The minimum absolute atomic E-state index is 0.0744. The van der Waals surface area contributed by atoms with Gasteiger partial charge in [0.2, 0.25) is 0 Å². The molecule has 1 amide bonds. The Morgan fingerprint density at radius 3 is 2.45 bits per heavy atom. The van der Waals surface area contributed by atoms with Gasteiger partial charge in [-0.05, 0) is 19.5 Å². The van der Waals surface area contributed by atoms with Gasteiger partial charge in [-0.1, -0.05) is 30.3 Å². The molecular weight excluding hydrogens is 278 g/mol. The summed E-state index contributed by atoms with van der Waals surface area (Å²) in [6.07, 6.45) is -0.541. The Bertz CT molecular complexity index is 458. The van der Waals surface area contributed by atoms with E-state index in [2.05, 4.69) is 29.1 Å². The fourth-order valence-electron chi connectivity index (χ4n) is 2.76. The molecule has 1 N–H and O–H groups in total. The highest BCUT2D eigenvalue weighted by Crippen LogP contribution is 2.16. The van der Waals surface area contributed by atoms with Crippen LogP contribution in [0.2, 0.25) is 0 Å². The summed E-state index contributed by atoms with van der Waals surface area (Å²) in [5.74, 6) is -0.0744. The second-order valence-electron chi connectivity index (χ2n) is 5.96. The molecule has 5 heteroatoms. The highest BCUT2D eigenvalue weighted by atomic mass is 16.5. The van der Waals surface area contributed by atoms with E-state index in [1.165, 1.54) is 0 Å². The lowest BCUT2D eigenvalue weighted by molar-refractivity contribution is -0.131. The van der Waals surface area contributed by atoms with Crippen LogP contribution in [0.1, 0.15) is 18.6 Å². The molecule has 2 atom stereocenters. The Morgan fingerprint density at radius 1 is 1.23 bits per heavy atom. The maximum absolute atomic E-state index is 12.4. The predicted octanol–water partition coefficient (Wildman–Crippen LogP) is 1.13. The molecule has 1 aromatic rings. The van der Waals surface area contributed by atoms with Crippen molar-refractivity contribution in [2.45, 2.75) is 19.1 Å². The Balaban J connectivity index is 1.83. The summed E-state index contributed by atoms with van der Waals surface area (Å²) >= 11 is 0. The van der Waals surface area contributed by atoms with E-state index in [0.29, 0.717) is 12.6 Å². The zero-order valence-electron chi connectivity index (χ0n) is 13.8. The van der Waals surface area contributed by atoms with E-state index in [0.717, 1.165) is 31.7 Å². The molecule has 1 aromatic carbocycles. The lowest BCUT2D eigenvalue weighted by atomic mass is 10.1. The first kappa shape index (κ1) is 16.9. The predicted molar refractivity (Wildman–Crippen MR) is 87.7 cm³/mol. The van der Waals surface area contributed by atoms with Crippen molar-refractivity contribution >= 4 is 5.91 Å². The van der Waals surface area contributed by atoms with Gasteiger partial charge in [0.25, 0.3) is 5.91 Å². The molecule has 0 spiro atoms. The number of nitrogens with zero attached hydrogens (tertiary/aromatic N) is 2. The molecule has 1 saturated heterocycles. The van der Waals surface area contributed by atoms with E-state index in [1.807, 2.05) is 30.3 Å². The molecule has 122 valence electrons. The van der Waals surface area contributed by atoms with Crippen molar-refractivity contribution in [1.29, 1.82) is 0 Å². The lowest BCUT2D eigenvalue weighted by Crippen LogP contribution is -2.51. The van der Waals surface area contributed by atoms with Gasteiger partial charge >= 0.3 is 0 Å². The third kappa shape index (κ3) is 4.53. The maximum atomic E-state index is 12.4. The fourth-order valence-corrected chi connectivity index (χ4v) is 2.76. The summed E-state index contributed by atoms with van der Waals surface area (Å²) in [5.41, 5.74) is 0.884. The zero-order valence-corrected chi connectivity index (χ0v) is 13.8. The van der Waals surface area contributed by atoms with Crippen molar-refractivity contribution in [1.82, 2.24) is 15.1 Å². The number of benzene rings is 1. The number of carbonyl (C=O) groups is 1. The third-order valence-corrected chi connectivity index (χ3v) is 4.31. The summed E-state index contributed by atoms with van der Waals surface area (Å²) in [5, 5.41) is 3.02. The second-order valence-corrected chi connectivity index (χ2v) is 5.96. The first-order valence-electron chi connectivity index (χ1n) is 7.90. The van der Waals surface area contributed by atoms with Gasteiger partial charge in [0.15, 0.2) is 6.10 Å². The number of rotatable bonds is 6. The van der Waals surface area contributed by atoms with Crippen LogP contribution >= 0.6 is 0 Å². The third-order valence-electron chi connectivity index (χ3n) is 4.31. The fraction of sp³-hybridized carbons (Fsp3) is 0.588. The van der Waals surface area contributed by atoms with Crippen LogP contribution in [0.3, 0.4) is 0 Å². The number of amides is 1. The van der Waals surface area contributed by atoms with Crippen molar-refractivity contribution in [2.24, 2.45) is 0 Å². The van der Waals surface area contributed by atoms with Gasteiger partial charge in [0.05, 0.1) is 0 Å². The molecular formula is C17H27N3O2. The minimum Gasteiger partial charge on any atom is -0.367 e. The Kier molecular flexibility index (Phi) is 6.36. The van der Waals surface area contributed by atoms with Crippen molar-refractivity contribution in [3.05, 3.63) is 35.9 Å². The van der Waals surface area contributed by atoms with Crippen molar-refractivity contribution < 1.29 is 9.53 Å². The van der Waals surface area contributed by atoms with Crippen LogP contribution in [0, 0.1) is 0 Å². The van der Waals surface area contributed by atoms with Crippen LogP contribution in [0.15, 0.2) is 30.3 Å². The molecule has 0 aromatic heterocycles. The largest absolute Gasteiger partial charge is 0.367 e. The molecule has 5 nitrogen and oxygen atoms in total. The number of carbonyl (C=O) groups excluding carboxylic acids is 1. The Labute approximate surface area is 133 Å². The van der Waals surface area contributed by atoms with Gasteiger partial charge in [0, 0.05) is 45.9 Å². The molecule has 1 heterocycles. The van der Waals surface area contributed by atoms with Gasteiger partial charge in [0.1, 0.15) is 0 Å².